The van der Waals surface area contributed by atoms with Crippen LogP contribution >= 0.6 is 35.0 Å². The van der Waals surface area contributed by atoms with Gasteiger partial charge < -0.3 is 15.4 Å². The molecular formula is C21H18Cl2N2O2S. The first kappa shape index (κ1) is 20.5. The van der Waals surface area contributed by atoms with Gasteiger partial charge in [-0.2, -0.15) is 0 Å². The number of carbonyl (C=O) groups excluding carboxylic acids is 1. The number of ether oxygens (including phenoxy) is 1. The molecular weight excluding hydrogens is 415 g/mol. The van der Waals surface area contributed by atoms with Crippen LogP contribution in [-0.2, 0) is 11.2 Å². The summed E-state index contributed by atoms with van der Waals surface area (Å²) in [5.41, 5.74) is 2.65. The normalized spacial score (nSPS) is 17.3. The first-order chi connectivity index (χ1) is 13.5. The Labute approximate surface area is 178 Å². The Kier molecular flexibility index (Phi) is 6.79. The van der Waals surface area contributed by atoms with Crippen molar-refractivity contribution in [3.8, 4) is 18.1 Å². The predicted molar refractivity (Wildman–Crippen MR) is 118 cm³/mol. The Morgan fingerprint density at radius 2 is 1.96 bits per heavy atom. The van der Waals surface area contributed by atoms with Crippen LogP contribution in [0.15, 0.2) is 41.3 Å². The Morgan fingerprint density at radius 1 is 1.29 bits per heavy atom. The number of benzene rings is 2. The van der Waals surface area contributed by atoms with E-state index >= 15 is 0 Å². The summed E-state index contributed by atoms with van der Waals surface area (Å²) in [7, 11) is 0. The largest absolute Gasteiger partial charge is 0.478 e. The highest BCUT2D eigenvalue weighted by atomic mass is 35.5. The second kappa shape index (κ2) is 9.29. The summed E-state index contributed by atoms with van der Waals surface area (Å²) in [6.07, 6.45) is 7.92. The molecule has 28 heavy (non-hydrogen) atoms. The van der Waals surface area contributed by atoms with Gasteiger partial charge >= 0.3 is 0 Å². The molecule has 0 bridgehead atoms. The van der Waals surface area contributed by atoms with Gasteiger partial charge in [-0.3, -0.25) is 4.79 Å². The number of halogens is 2. The van der Waals surface area contributed by atoms with Crippen molar-refractivity contribution in [2.75, 3.05) is 11.9 Å². The number of anilines is 1. The van der Waals surface area contributed by atoms with Crippen molar-refractivity contribution >= 4 is 52.6 Å². The zero-order valence-corrected chi connectivity index (χ0v) is 17.4. The molecule has 1 saturated heterocycles. The highest BCUT2D eigenvalue weighted by Gasteiger charge is 2.27. The zero-order chi connectivity index (χ0) is 20.1. The first-order valence-electron chi connectivity index (χ1n) is 8.60. The minimum atomic E-state index is -0.254. The van der Waals surface area contributed by atoms with E-state index in [2.05, 4.69) is 35.6 Å². The van der Waals surface area contributed by atoms with Crippen LogP contribution in [0.1, 0.15) is 18.1 Å². The van der Waals surface area contributed by atoms with Crippen molar-refractivity contribution < 1.29 is 9.53 Å². The van der Waals surface area contributed by atoms with Crippen LogP contribution in [0.5, 0.6) is 5.75 Å². The molecule has 1 atom stereocenters. The summed E-state index contributed by atoms with van der Waals surface area (Å²) >= 11 is 13.8. The number of rotatable bonds is 6. The van der Waals surface area contributed by atoms with Gasteiger partial charge in [-0.15, -0.1) is 6.42 Å². The third kappa shape index (κ3) is 4.96. The quantitative estimate of drug-likeness (QED) is 0.488. The van der Waals surface area contributed by atoms with Crippen molar-refractivity contribution in [2.45, 2.75) is 18.8 Å². The van der Waals surface area contributed by atoms with Gasteiger partial charge in [-0.05, 0) is 47.9 Å². The van der Waals surface area contributed by atoms with Crippen molar-refractivity contribution in [1.82, 2.24) is 5.32 Å². The van der Waals surface area contributed by atoms with Gasteiger partial charge in [0.15, 0.2) is 11.2 Å². The fourth-order valence-corrected chi connectivity index (χ4v) is 4.22. The maximum absolute atomic E-state index is 12.3. The van der Waals surface area contributed by atoms with E-state index in [9.17, 15) is 4.79 Å². The molecule has 1 fully saturated rings. The molecule has 7 heteroatoms. The number of hydrogen-bond acceptors (Lipinski definition) is 4. The lowest BCUT2D eigenvalue weighted by atomic mass is 10.1. The number of carbonyl (C=O) groups is 1. The fraction of sp³-hybridized carbons (Fsp3) is 0.190. The van der Waals surface area contributed by atoms with E-state index in [0.717, 1.165) is 12.1 Å². The van der Waals surface area contributed by atoms with E-state index in [1.54, 1.807) is 18.2 Å². The van der Waals surface area contributed by atoms with Crippen LogP contribution in [0.4, 0.5) is 5.69 Å². The van der Waals surface area contributed by atoms with Gasteiger partial charge in [0, 0.05) is 5.69 Å². The van der Waals surface area contributed by atoms with E-state index < -0.39 is 0 Å². The van der Waals surface area contributed by atoms with E-state index in [0.29, 0.717) is 26.3 Å². The molecule has 2 aromatic carbocycles. The third-order valence-electron chi connectivity index (χ3n) is 4.01. The van der Waals surface area contributed by atoms with Crippen molar-refractivity contribution in [1.29, 1.82) is 0 Å². The molecule has 0 saturated carbocycles. The van der Waals surface area contributed by atoms with Gasteiger partial charge in [0.1, 0.15) is 6.61 Å². The average molecular weight is 433 g/mol. The molecule has 3 rings (SSSR count). The smallest absolute Gasteiger partial charge is 0.260 e. The number of amides is 1. The van der Waals surface area contributed by atoms with Crippen LogP contribution in [0.3, 0.4) is 0 Å². The maximum Gasteiger partial charge on any atom is 0.260 e. The van der Waals surface area contributed by atoms with Crippen LogP contribution in [0.2, 0.25) is 10.0 Å². The maximum atomic E-state index is 12.3. The molecule has 144 valence electrons. The molecule has 0 aliphatic carbocycles. The number of aryl methyl sites for hydroxylation is 1. The third-order valence-corrected chi connectivity index (χ3v) is 5.60. The highest BCUT2D eigenvalue weighted by molar-refractivity contribution is 8.05. The Balaban J connectivity index is 1.72. The van der Waals surface area contributed by atoms with Crippen molar-refractivity contribution in [3.05, 3.63) is 62.5 Å². The zero-order valence-electron chi connectivity index (χ0n) is 15.1. The lowest BCUT2D eigenvalue weighted by Gasteiger charge is -2.13. The van der Waals surface area contributed by atoms with E-state index in [1.807, 2.05) is 12.1 Å². The van der Waals surface area contributed by atoms with Gasteiger partial charge in [0.2, 0.25) is 0 Å². The lowest BCUT2D eigenvalue weighted by molar-refractivity contribution is -0.116. The topological polar surface area (TPSA) is 50.4 Å². The minimum absolute atomic E-state index is 0.0741. The Hall–Kier alpha value is -2.26. The molecule has 1 aliphatic heterocycles. The molecule has 0 unspecified atom stereocenters. The molecule has 2 N–H and O–H groups in total. The Morgan fingerprint density at radius 3 is 2.57 bits per heavy atom. The van der Waals surface area contributed by atoms with E-state index in [-0.39, 0.29) is 18.0 Å². The summed E-state index contributed by atoms with van der Waals surface area (Å²) in [5.74, 6) is 2.54. The number of nitrogens with one attached hydrogen (secondary N) is 2. The van der Waals surface area contributed by atoms with E-state index in [1.165, 1.54) is 17.3 Å². The van der Waals surface area contributed by atoms with Crippen molar-refractivity contribution in [3.63, 3.8) is 0 Å². The number of hydrogen-bond donors (Lipinski definition) is 2. The van der Waals surface area contributed by atoms with Gasteiger partial charge in [-0.1, -0.05) is 59.9 Å². The van der Waals surface area contributed by atoms with Crippen LogP contribution in [-0.4, -0.2) is 18.0 Å². The van der Waals surface area contributed by atoms with Gasteiger partial charge in [0.25, 0.3) is 5.91 Å². The van der Waals surface area contributed by atoms with Gasteiger partial charge in [-0.25, -0.2) is 0 Å². The second-order valence-electron chi connectivity index (χ2n) is 5.98. The molecule has 1 aliphatic rings. The standard InChI is InChI=1S/C21H18Cl2N2O2S/c1-3-9-27-19-16(22)10-14(11-17(19)23)12-18-20(26)25-21(28-18)24-15-7-5-13(4-2)6-8-15/h1,5-8,10-12,21,24H,4,9H2,2H3,(H,25,26)/b18-12-/t21-/m0/s1. The molecule has 4 nitrogen and oxygen atoms in total. The summed E-state index contributed by atoms with van der Waals surface area (Å²) in [6, 6.07) is 11.5. The summed E-state index contributed by atoms with van der Waals surface area (Å²) in [4.78, 5) is 12.9. The summed E-state index contributed by atoms with van der Waals surface area (Å²) < 4.78 is 5.35. The number of terminal acetylenes is 1. The minimum Gasteiger partial charge on any atom is -0.478 e. The Bertz CT molecular complexity index is 929. The lowest BCUT2D eigenvalue weighted by Crippen LogP contribution is -2.30. The van der Waals surface area contributed by atoms with Gasteiger partial charge in [0.05, 0.1) is 15.0 Å². The first-order valence-corrected chi connectivity index (χ1v) is 10.2. The van der Waals surface area contributed by atoms with Crippen molar-refractivity contribution in [2.24, 2.45) is 0 Å². The molecule has 0 radical (unpaired) electrons. The van der Waals surface area contributed by atoms with Crippen LogP contribution in [0.25, 0.3) is 6.08 Å². The summed E-state index contributed by atoms with van der Waals surface area (Å²) in [6.45, 7) is 2.18. The monoisotopic (exact) mass is 432 g/mol. The fourth-order valence-electron chi connectivity index (χ4n) is 2.62. The SMILES string of the molecule is C#CCOc1c(Cl)cc(/C=C2\S[C@@H](Nc3ccc(CC)cc3)NC2=O)cc1Cl. The van der Waals surface area contributed by atoms with Crippen LogP contribution in [0, 0.1) is 12.3 Å². The second-order valence-corrected chi connectivity index (χ2v) is 7.94. The molecule has 0 aromatic heterocycles. The summed E-state index contributed by atoms with van der Waals surface area (Å²) in [5, 5.41) is 6.87. The average Bonchev–Trinajstić information content (AvgIpc) is 3.00. The molecule has 1 amide bonds. The highest BCUT2D eigenvalue weighted by Crippen LogP contribution is 2.36. The van der Waals surface area contributed by atoms with Crippen LogP contribution < -0.4 is 15.4 Å². The number of thioether (sulfide) groups is 1. The molecule has 2 aromatic rings. The van der Waals surface area contributed by atoms with E-state index in [4.69, 9.17) is 34.4 Å². The molecule has 1 heterocycles. The molecule has 0 spiro atoms. The predicted octanol–water partition coefficient (Wildman–Crippen LogP) is 5.17.